The Morgan fingerprint density at radius 3 is 2.48 bits per heavy atom. The first-order valence-corrected chi connectivity index (χ1v) is 7.57. The number of carbonyl (C=O) groups excluding carboxylic acids is 2. The highest BCUT2D eigenvalue weighted by Crippen LogP contribution is 2.13. The smallest absolute Gasteiger partial charge is 0.282 e. The summed E-state index contributed by atoms with van der Waals surface area (Å²) >= 11 is 0. The molecule has 6 nitrogen and oxygen atoms in total. The van der Waals surface area contributed by atoms with Crippen LogP contribution in [0.5, 0.6) is 0 Å². The molecule has 0 bridgehead atoms. The topological polar surface area (TPSA) is 86.4 Å². The third-order valence-corrected chi connectivity index (χ3v) is 3.39. The summed E-state index contributed by atoms with van der Waals surface area (Å²) in [5.74, 6) is -0.333. The Bertz CT molecular complexity index is 614. The van der Waals surface area contributed by atoms with Crippen LogP contribution in [0.4, 0.5) is 5.69 Å². The summed E-state index contributed by atoms with van der Waals surface area (Å²) < 4.78 is 0. The Morgan fingerprint density at radius 1 is 1.30 bits per heavy atom. The van der Waals surface area contributed by atoms with Crippen molar-refractivity contribution >= 4 is 17.5 Å². The molecular weight excluding hydrogens is 292 g/mol. The van der Waals surface area contributed by atoms with E-state index < -0.39 is 6.04 Å². The van der Waals surface area contributed by atoms with E-state index in [9.17, 15) is 9.59 Å². The van der Waals surface area contributed by atoms with Gasteiger partial charge in [0.15, 0.2) is 12.6 Å². The molecule has 0 radical (unpaired) electrons. The van der Waals surface area contributed by atoms with E-state index in [1.807, 2.05) is 26.8 Å². The van der Waals surface area contributed by atoms with E-state index in [1.54, 1.807) is 38.2 Å². The first-order valence-electron chi connectivity index (χ1n) is 7.57. The third kappa shape index (κ3) is 6.09. The van der Waals surface area contributed by atoms with Crippen molar-refractivity contribution in [2.24, 2.45) is 0 Å². The molecule has 124 valence electrons. The number of para-hydroxylation sites is 1. The van der Waals surface area contributed by atoms with Crippen LogP contribution in [-0.4, -0.2) is 37.0 Å². The maximum atomic E-state index is 12.3. The lowest BCUT2D eigenvalue weighted by Gasteiger charge is -2.24. The van der Waals surface area contributed by atoms with Gasteiger partial charge in [-0.1, -0.05) is 12.1 Å². The summed E-state index contributed by atoms with van der Waals surface area (Å²) in [6.07, 6.45) is 0. The minimum atomic E-state index is -0.424. The van der Waals surface area contributed by atoms with Crippen molar-refractivity contribution < 1.29 is 14.5 Å². The molecule has 6 heteroatoms. The largest absolute Gasteiger partial charge is 0.347 e. The maximum Gasteiger partial charge on any atom is 0.282 e. The fourth-order valence-electron chi connectivity index (χ4n) is 2.02. The van der Waals surface area contributed by atoms with Crippen molar-refractivity contribution in [3.8, 4) is 6.07 Å². The molecule has 2 atom stereocenters. The normalized spacial score (nSPS) is 13.6. The van der Waals surface area contributed by atoms with Crippen molar-refractivity contribution in [3.05, 3.63) is 29.8 Å². The van der Waals surface area contributed by atoms with Crippen LogP contribution in [0.1, 0.15) is 33.3 Å². The number of carbonyl (C=O) groups is 2. The molecule has 0 aliphatic carbocycles. The number of hydrogen-bond donors (Lipinski definition) is 3. The van der Waals surface area contributed by atoms with Crippen LogP contribution in [0.3, 0.4) is 0 Å². The van der Waals surface area contributed by atoms with Gasteiger partial charge in [-0.25, -0.2) is 0 Å². The predicted octanol–water partition coefficient (Wildman–Crippen LogP) is 0.315. The van der Waals surface area contributed by atoms with E-state index in [-0.39, 0.29) is 23.9 Å². The molecule has 23 heavy (non-hydrogen) atoms. The van der Waals surface area contributed by atoms with Crippen molar-refractivity contribution in [2.45, 2.75) is 39.3 Å². The van der Waals surface area contributed by atoms with Gasteiger partial charge >= 0.3 is 0 Å². The summed E-state index contributed by atoms with van der Waals surface area (Å²) in [5.41, 5.74) is 0.601. The highest BCUT2D eigenvalue weighted by atomic mass is 16.2. The molecule has 0 heterocycles. The number of hydrogen-bond acceptors (Lipinski definition) is 3. The van der Waals surface area contributed by atoms with E-state index in [0.29, 0.717) is 11.3 Å². The monoisotopic (exact) mass is 317 g/mol. The zero-order valence-corrected chi connectivity index (χ0v) is 14.4. The lowest BCUT2D eigenvalue weighted by Crippen LogP contribution is -3.15. The van der Waals surface area contributed by atoms with Gasteiger partial charge in [0, 0.05) is 5.54 Å². The Balaban J connectivity index is 2.66. The van der Waals surface area contributed by atoms with Gasteiger partial charge in [-0.15, -0.1) is 0 Å². The number of amides is 2. The summed E-state index contributed by atoms with van der Waals surface area (Å²) in [6.45, 7) is 7.69. The average molecular weight is 317 g/mol. The lowest BCUT2D eigenvalue weighted by molar-refractivity contribution is -0.885. The van der Waals surface area contributed by atoms with Crippen LogP contribution in [0, 0.1) is 11.3 Å². The van der Waals surface area contributed by atoms with Gasteiger partial charge in [0.25, 0.3) is 11.8 Å². The zero-order chi connectivity index (χ0) is 17.6. The summed E-state index contributed by atoms with van der Waals surface area (Å²) in [6, 6.07) is 8.45. The molecule has 3 N–H and O–H groups in total. The van der Waals surface area contributed by atoms with Crippen LogP contribution in [-0.2, 0) is 9.59 Å². The summed E-state index contributed by atoms with van der Waals surface area (Å²) in [5, 5.41) is 14.7. The van der Waals surface area contributed by atoms with Crippen molar-refractivity contribution in [1.82, 2.24) is 5.32 Å². The van der Waals surface area contributed by atoms with Crippen LogP contribution in [0.2, 0.25) is 0 Å². The van der Waals surface area contributed by atoms with E-state index in [0.717, 1.165) is 4.90 Å². The molecule has 0 saturated carbocycles. The molecule has 2 amide bonds. The summed E-state index contributed by atoms with van der Waals surface area (Å²) in [4.78, 5) is 25.0. The Labute approximate surface area is 137 Å². The second-order valence-electron chi connectivity index (χ2n) is 6.69. The van der Waals surface area contributed by atoms with Gasteiger partial charge in [-0.2, -0.15) is 5.26 Å². The van der Waals surface area contributed by atoms with Crippen molar-refractivity contribution in [1.29, 1.82) is 5.26 Å². The third-order valence-electron chi connectivity index (χ3n) is 3.39. The number of likely N-dealkylation sites (N-methyl/N-ethyl adjacent to an activating group) is 1. The minimum absolute atomic E-state index is 0.105. The van der Waals surface area contributed by atoms with Crippen molar-refractivity contribution in [3.63, 3.8) is 0 Å². The summed E-state index contributed by atoms with van der Waals surface area (Å²) in [7, 11) is 1.79. The highest BCUT2D eigenvalue weighted by molar-refractivity contribution is 5.94. The number of nitrogens with one attached hydrogen (secondary N) is 3. The Kier molecular flexibility index (Phi) is 6.28. The van der Waals surface area contributed by atoms with Gasteiger partial charge in [-0.3, -0.25) is 9.59 Å². The number of quaternary nitrogens is 1. The Hall–Kier alpha value is -2.39. The minimum Gasteiger partial charge on any atom is -0.347 e. The molecule has 0 aromatic heterocycles. The molecule has 0 spiro atoms. The van der Waals surface area contributed by atoms with Crippen LogP contribution >= 0.6 is 0 Å². The average Bonchev–Trinajstić information content (AvgIpc) is 2.44. The van der Waals surface area contributed by atoms with Gasteiger partial charge in [0.05, 0.1) is 18.3 Å². The first-order chi connectivity index (χ1) is 10.6. The van der Waals surface area contributed by atoms with E-state index in [1.165, 1.54) is 0 Å². The van der Waals surface area contributed by atoms with E-state index in [4.69, 9.17) is 5.26 Å². The fraction of sp³-hybridized carbons (Fsp3) is 0.471. The Morgan fingerprint density at radius 2 is 1.91 bits per heavy atom. The highest BCUT2D eigenvalue weighted by Gasteiger charge is 2.25. The van der Waals surface area contributed by atoms with Gasteiger partial charge in [0.2, 0.25) is 0 Å². The molecule has 1 rings (SSSR count). The second-order valence-corrected chi connectivity index (χ2v) is 6.69. The van der Waals surface area contributed by atoms with Crippen LogP contribution < -0.4 is 15.5 Å². The lowest BCUT2D eigenvalue weighted by atomic mass is 10.1. The number of nitriles is 1. The van der Waals surface area contributed by atoms with Crippen molar-refractivity contribution in [2.75, 3.05) is 18.9 Å². The van der Waals surface area contributed by atoms with Crippen LogP contribution in [0.15, 0.2) is 24.3 Å². The molecule has 0 aliphatic heterocycles. The molecule has 1 unspecified atom stereocenters. The van der Waals surface area contributed by atoms with Crippen LogP contribution in [0.25, 0.3) is 0 Å². The second kappa shape index (κ2) is 7.75. The number of rotatable bonds is 5. The quantitative estimate of drug-likeness (QED) is 0.731. The maximum absolute atomic E-state index is 12.3. The van der Waals surface area contributed by atoms with Gasteiger partial charge < -0.3 is 15.5 Å². The SMILES string of the molecule is C[C@H](C(=O)Nc1ccccc1C#N)[NH+](C)CC(=O)NC(C)(C)C. The van der Waals surface area contributed by atoms with E-state index in [2.05, 4.69) is 10.6 Å². The molecule has 0 fully saturated rings. The van der Waals surface area contributed by atoms with E-state index >= 15 is 0 Å². The molecular formula is C17H25N4O2+. The predicted molar refractivity (Wildman–Crippen MR) is 88.9 cm³/mol. The number of nitrogens with zero attached hydrogens (tertiary/aromatic N) is 1. The molecule has 1 aromatic carbocycles. The number of anilines is 1. The molecule has 0 aliphatic rings. The molecule has 0 saturated heterocycles. The first kappa shape index (κ1) is 18.7. The zero-order valence-electron chi connectivity index (χ0n) is 14.4. The molecule has 1 aromatic rings. The van der Waals surface area contributed by atoms with Gasteiger partial charge in [0.1, 0.15) is 6.07 Å². The fourth-order valence-corrected chi connectivity index (χ4v) is 2.02. The number of benzene rings is 1. The van der Waals surface area contributed by atoms with Gasteiger partial charge in [-0.05, 0) is 39.8 Å². The standard InChI is InChI=1S/C17H24N4O2/c1-12(21(5)11-15(22)20-17(2,3)4)16(23)19-14-9-7-6-8-13(14)10-18/h6-9,12H,11H2,1-5H3,(H,19,23)(H,20,22)/p+1/t12-/m1/s1.